The van der Waals surface area contributed by atoms with Crippen molar-refractivity contribution in [2.24, 2.45) is 5.73 Å². The van der Waals surface area contributed by atoms with Crippen molar-refractivity contribution >= 4 is 0 Å². The summed E-state index contributed by atoms with van der Waals surface area (Å²) >= 11 is 0. The molecule has 0 unspecified atom stereocenters. The molecule has 3 heteroatoms. The molecule has 2 radical (unpaired) electrons. The Morgan fingerprint density at radius 2 is 1.75 bits per heavy atom. The van der Waals surface area contributed by atoms with Gasteiger partial charge in [-0.2, -0.15) is 5.26 Å². The van der Waals surface area contributed by atoms with Crippen molar-refractivity contribution in [2.45, 2.75) is 0 Å². The third-order valence-corrected chi connectivity index (χ3v) is 0. The van der Waals surface area contributed by atoms with E-state index >= 15 is 0 Å². The van der Waals surface area contributed by atoms with Gasteiger partial charge in [-0.1, -0.05) is 0 Å². The van der Waals surface area contributed by atoms with Crippen LogP contribution in [-0.2, 0) is 5.48 Å². The minimum atomic E-state index is 0. The fraction of sp³-hybridized carbons (Fsp3) is 0. The van der Waals surface area contributed by atoms with Crippen LogP contribution in [0.5, 0.6) is 0 Å². The molecule has 0 spiro atoms. The van der Waals surface area contributed by atoms with Gasteiger partial charge in [-0.25, -0.2) is 0 Å². The molecule has 0 saturated heterocycles. The molecule has 0 aromatic carbocycles. The molecule has 22 valence electrons. The number of hydrogen-bond donors (Lipinski definition) is 1. The van der Waals surface area contributed by atoms with E-state index in [1.165, 1.54) is 6.19 Å². The van der Waals surface area contributed by atoms with Crippen molar-refractivity contribution in [3.63, 3.8) is 0 Å². The van der Waals surface area contributed by atoms with Crippen molar-refractivity contribution in [1.82, 2.24) is 0 Å². The first-order chi connectivity index (χ1) is 1.41. The van der Waals surface area contributed by atoms with E-state index in [1.54, 1.807) is 0 Å². The molecule has 0 aliphatic carbocycles. The zero-order valence-electron chi connectivity index (χ0n) is 1.93. The highest BCUT2D eigenvalue weighted by molar-refractivity contribution is 4.46. The minimum absolute atomic E-state index is 0. The van der Waals surface area contributed by atoms with Crippen molar-refractivity contribution in [1.29, 1.82) is 5.26 Å². The lowest BCUT2D eigenvalue weighted by molar-refractivity contribution is 0.686. The number of nitrogens with two attached hydrogens (primary N) is 1. The van der Waals surface area contributed by atoms with Gasteiger partial charge in [0.1, 0.15) is 0 Å². The summed E-state index contributed by atoms with van der Waals surface area (Å²) in [5.74, 6) is 0. The van der Waals surface area contributed by atoms with Crippen LogP contribution in [-0.4, -0.2) is 0 Å². The van der Waals surface area contributed by atoms with Crippen LogP contribution in [0.25, 0.3) is 0 Å². The van der Waals surface area contributed by atoms with Crippen LogP contribution in [0.15, 0.2) is 0 Å². The quantitative estimate of drug-likeness (QED) is 0.295. The van der Waals surface area contributed by atoms with Crippen molar-refractivity contribution in [3.05, 3.63) is 0 Å². The Hall–Kier alpha value is -0.750. The second-order valence-corrected chi connectivity index (χ2v) is 0.129. The summed E-state index contributed by atoms with van der Waals surface area (Å²) in [6.07, 6.45) is 1.25. The lowest BCUT2D eigenvalue weighted by atomic mass is 11.5. The van der Waals surface area contributed by atoms with E-state index in [1.807, 2.05) is 0 Å². The summed E-state index contributed by atoms with van der Waals surface area (Å²) < 4.78 is 0. The van der Waals surface area contributed by atoms with Crippen molar-refractivity contribution in [2.75, 3.05) is 0 Å². The molecule has 0 aromatic rings. The maximum atomic E-state index is 7.10. The van der Waals surface area contributed by atoms with Crippen molar-refractivity contribution in [3.8, 4) is 6.19 Å². The van der Waals surface area contributed by atoms with Gasteiger partial charge in [0.2, 0.25) is 0 Å². The molecular weight excluding hydrogens is 56.0 g/mol. The van der Waals surface area contributed by atoms with Gasteiger partial charge < -0.3 is 5.73 Å². The molecule has 2 N–H and O–H groups in total. The summed E-state index contributed by atoms with van der Waals surface area (Å²) in [7, 11) is 0. The van der Waals surface area contributed by atoms with Crippen LogP contribution in [0, 0.1) is 11.5 Å². The highest BCUT2D eigenvalue weighted by atomic mass is 16.0. The van der Waals surface area contributed by atoms with E-state index in [9.17, 15) is 0 Å². The largest absolute Gasteiger partial charge is 0.337 e. The topological polar surface area (TPSA) is 78.3 Å². The molecule has 0 bridgehead atoms. The summed E-state index contributed by atoms with van der Waals surface area (Å²) in [4.78, 5) is 0. The third-order valence-electron chi connectivity index (χ3n) is 0. The van der Waals surface area contributed by atoms with Crippen LogP contribution >= 0.6 is 0 Å². The average molecular weight is 58.0 g/mol. The maximum absolute atomic E-state index is 7.10. The molecule has 0 heterocycles. The summed E-state index contributed by atoms with van der Waals surface area (Å²) in [5.41, 5.74) is 4.15. The Bertz CT molecular complexity index is 27.5. The minimum Gasteiger partial charge on any atom is -0.337 e. The third kappa shape index (κ3) is 0.139. The number of nitriles is 1. The SMILES string of the molecule is N#CN.[O]. The predicted molar refractivity (Wildman–Crippen MR) is 10.5 cm³/mol. The van der Waals surface area contributed by atoms with Gasteiger partial charge in [-0.05, 0) is 0 Å². The van der Waals surface area contributed by atoms with Gasteiger partial charge in [-0.3, -0.25) is 0 Å². The molecule has 0 atom stereocenters. The normalized spacial score (nSPS) is 1.75. The highest BCUT2D eigenvalue weighted by Gasteiger charge is 1.12. The maximum Gasteiger partial charge on any atom is 0.173 e. The van der Waals surface area contributed by atoms with Gasteiger partial charge in [-0.15, -0.1) is 0 Å². The predicted octanol–water partition coefficient (Wildman–Crippen LogP) is -0.693. The number of nitrogens with zero attached hydrogens (tertiary/aromatic N) is 1. The second kappa shape index (κ2) is 56.2. The van der Waals surface area contributed by atoms with Gasteiger partial charge in [0, 0.05) is 5.48 Å². The van der Waals surface area contributed by atoms with Gasteiger partial charge >= 0.3 is 0 Å². The Kier molecular flexibility index (Phi) is 148. The molecule has 0 fully saturated rings. The van der Waals surface area contributed by atoms with E-state index in [4.69, 9.17) is 5.26 Å². The number of rotatable bonds is 0. The summed E-state index contributed by atoms with van der Waals surface area (Å²) in [6, 6.07) is 0. The molecule has 3 nitrogen and oxygen atoms in total. The van der Waals surface area contributed by atoms with E-state index in [0.29, 0.717) is 0 Å². The van der Waals surface area contributed by atoms with E-state index < -0.39 is 0 Å². The molecule has 0 aromatic heterocycles. The molecular formula is CH2N2O. The molecule has 4 heavy (non-hydrogen) atoms. The van der Waals surface area contributed by atoms with Crippen molar-refractivity contribution < 1.29 is 5.48 Å². The number of hydrogen-bond acceptors (Lipinski definition) is 2. The Morgan fingerprint density at radius 3 is 1.75 bits per heavy atom. The molecule has 0 aliphatic rings. The average Bonchev–Trinajstić information content (AvgIpc) is 0.918. The van der Waals surface area contributed by atoms with Crippen LogP contribution in [0.3, 0.4) is 0 Å². The van der Waals surface area contributed by atoms with Crippen LogP contribution in [0.2, 0.25) is 0 Å². The van der Waals surface area contributed by atoms with Crippen LogP contribution in [0.4, 0.5) is 0 Å². The molecule has 0 aliphatic heterocycles. The molecule has 0 rings (SSSR count). The van der Waals surface area contributed by atoms with Gasteiger partial charge in [0.05, 0.1) is 0 Å². The van der Waals surface area contributed by atoms with Crippen LogP contribution in [0.1, 0.15) is 0 Å². The first-order valence-corrected chi connectivity index (χ1v) is 0.512. The smallest absolute Gasteiger partial charge is 0.173 e. The lowest BCUT2D eigenvalue weighted by Crippen LogP contribution is -1.69. The van der Waals surface area contributed by atoms with E-state index in [-0.39, 0.29) is 5.48 Å². The van der Waals surface area contributed by atoms with Gasteiger partial charge in [0.25, 0.3) is 0 Å². The molecule has 0 amide bonds. The fourth-order valence-corrected chi connectivity index (χ4v) is 0. The Labute approximate surface area is 24.0 Å². The first-order valence-electron chi connectivity index (χ1n) is 0.512. The second-order valence-electron chi connectivity index (χ2n) is 0.129. The first kappa shape index (κ1) is 10.5. The lowest BCUT2D eigenvalue weighted by Gasteiger charge is -1.24. The summed E-state index contributed by atoms with van der Waals surface area (Å²) in [5, 5.41) is 7.10. The highest BCUT2D eigenvalue weighted by Crippen LogP contribution is 0.900. The Balaban J connectivity index is 0. The monoisotopic (exact) mass is 58.0 g/mol. The van der Waals surface area contributed by atoms with Crippen LogP contribution < -0.4 is 5.73 Å². The standard InChI is InChI=1S/CH2N2.O/c2-1-3;/h2H2;. The zero-order chi connectivity index (χ0) is 2.71. The van der Waals surface area contributed by atoms with E-state index in [2.05, 4.69) is 5.73 Å². The Morgan fingerprint density at radius 1 is 1.75 bits per heavy atom. The fourth-order valence-electron chi connectivity index (χ4n) is 0. The summed E-state index contributed by atoms with van der Waals surface area (Å²) in [6.45, 7) is 0. The zero-order valence-corrected chi connectivity index (χ0v) is 1.93. The molecule has 0 saturated carbocycles. The van der Waals surface area contributed by atoms with E-state index in [0.717, 1.165) is 0 Å². The van der Waals surface area contributed by atoms with Gasteiger partial charge in [0.15, 0.2) is 6.19 Å².